The van der Waals surface area contributed by atoms with Gasteiger partial charge in [0.2, 0.25) is 0 Å². The molecule has 1 aliphatic carbocycles. The Bertz CT molecular complexity index is 550. The quantitative estimate of drug-likeness (QED) is 0.885. The fourth-order valence-electron chi connectivity index (χ4n) is 3.97. The molecule has 0 unspecified atom stereocenters. The summed E-state index contributed by atoms with van der Waals surface area (Å²) in [5.74, 6) is 0.638. The molecule has 0 spiro atoms. The van der Waals surface area contributed by atoms with Crippen LogP contribution in [0.5, 0.6) is 5.75 Å². The third-order valence-corrected chi connectivity index (χ3v) is 5.16. The van der Waals surface area contributed by atoms with Gasteiger partial charge < -0.3 is 20.1 Å². The predicted octanol–water partition coefficient (Wildman–Crippen LogP) is 3.21. The molecular weight excluding hydrogens is 312 g/mol. The van der Waals surface area contributed by atoms with Crippen LogP contribution in [-0.4, -0.2) is 42.5 Å². The molecule has 128 valence electrons. The van der Waals surface area contributed by atoms with Gasteiger partial charge in [-0.05, 0) is 44.9 Å². The molecule has 2 atom stereocenters. The minimum absolute atomic E-state index is 0.00613. The Morgan fingerprint density at radius 2 is 2.13 bits per heavy atom. The summed E-state index contributed by atoms with van der Waals surface area (Å²) in [5.41, 5.74) is 1.26. The number of aliphatic hydroxyl groups excluding tert-OH is 1. The smallest absolute Gasteiger partial charge is 0.138 e. The zero-order valence-electron chi connectivity index (χ0n) is 14.0. The number of nitrogens with zero attached hydrogens (tertiary/aromatic N) is 1. The van der Waals surface area contributed by atoms with Crippen molar-refractivity contribution in [2.75, 3.05) is 24.7 Å². The highest BCUT2D eigenvalue weighted by atomic mass is 35.5. The minimum atomic E-state index is -0.00613. The standard InChI is InChI=1S/C18H27ClN2O2/c1-18(2)12-21(16-6-4-3-5-15(16)20-18)13-7-8-17(14(19)11-13)23-10-9-22/h7-8,11,15-16,20,22H,3-6,9-10,12H2,1-2H3/t15-,16+/m1/s1. The van der Waals surface area contributed by atoms with Gasteiger partial charge in [0.1, 0.15) is 12.4 Å². The van der Waals surface area contributed by atoms with E-state index in [2.05, 4.69) is 30.1 Å². The van der Waals surface area contributed by atoms with Crippen LogP contribution in [0.4, 0.5) is 5.69 Å². The molecular formula is C18H27ClN2O2. The fraction of sp³-hybridized carbons (Fsp3) is 0.667. The molecule has 1 aromatic carbocycles. The number of hydrogen-bond acceptors (Lipinski definition) is 4. The Balaban J connectivity index is 1.84. The average Bonchev–Trinajstić information content (AvgIpc) is 2.52. The van der Waals surface area contributed by atoms with Crippen molar-refractivity contribution in [3.05, 3.63) is 23.2 Å². The van der Waals surface area contributed by atoms with Gasteiger partial charge >= 0.3 is 0 Å². The number of nitrogens with one attached hydrogen (secondary N) is 1. The Morgan fingerprint density at radius 1 is 1.35 bits per heavy atom. The molecule has 0 bridgehead atoms. The van der Waals surface area contributed by atoms with Gasteiger partial charge in [-0.2, -0.15) is 0 Å². The number of ether oxygens (including phenoxy) is 1. The highest BCUT2D eigenvalue weighted by Gasteiger charge is 2.40. The van der Waals surface area contributed by atoms with E-state index in [0.717, 1.165) is 12.2 Å². The highest BCUT2D eigenvalue weighted by molar-refractivity contribution is 6.32. The van der Waals surface area contributed by atoms with E-state index in [1.54, 1.807) is 0 Å². The van der Waals surface area contributed by atoms with Crippen LogP contribution < -0.4 is 15.0 Å². The number of anilines is 1. The Morgan fingerprint density at radius 3 is 2.87 bits per heavy atom. The van der Waals surface area contributed by atoms with Gasteiger partial charge in [0, 0.05) is 29.9 Å². The molecule has 5 heteroatoms. The number of rotatable bonds is 4. The van der Waals surface area contributed by atoms with Crippen molar-refractivity contribution in [3.63, 3.8) is 0 Å². The number of aliphatic hydroxyl groups is 1. The summed E-state index contributed by atoms with van der Waals surface area (Å²) in [4.78, 5) is 2.52. The summed E-state index contributed by atoms with van der Waals surface area (Å²) in [6, 6.07) is 7.10. The van der Waals surface area contributed by atoms with E-state index in [9.17, 15) is 0 Å². The molecule has 1 saturated carbocycles. The maximum atomic E-state index is 8.88. The minimum Gasteiger partial charge on any atom is -0.490 e. The maximum Gasteiger partial charge on any atom is 0.138 e. The molecule has 2 aliphatic rings. The third-order valence-electron chi connectivity index (χ3n) is 4.87. The number of piperazine rings is 1. The van der Waals surface area contributed by atoms with E-state index >= 15 is 0 Å². The number of fused-ring (bicyclic) bond motifs is 1. The van der Waals surface area contributed by atoms with Gasteiger partial charge in [0.25, 0.3) is 0 Å². The Hall–Kier alpha value is -0.970. The second kappa shape index (κ2) is 6.88. The normalized spacial score (nSPS) is 26.7. The zero-order valence-corrected chi connectivity index (χ0v) is 14.8. The van der Waals surface area contributed by atoms with E-state index in [1.165, 1.54) is 25.7 Å². The first-order valence-electron chi connectivity index (χ1n) is 8.58. The van der Waals surface area contributed by atoms with Crippen LogP contribution in [0, 0.1) is 0 Å². The van der Waals surface area contributed by atoms with Gasteiger partial charge in [0.15, 0.2) is 0 Å². The average molecular weight is 339 g/mol. The van der Waals surface area contributed by atoms with Crippen molar-refractivity contribution < 1.29 is 9.84 Å². The second-order valence-electron chi connectivity index (χ2n) is 7.30. The lowest BCUT2D eigenvalue weighted by Crippen LogP contribution is -2.67. The summed E-state index contributed by atoms with van der Waals surface area (Å²) >= 11 is 6.38. The first-order valence-corrected chi connectivity index (χ1v) is 8.95. The highest BCUT2D eigenvalue weighted by Crippen LogP contribution is 2.36. The van der Waals surface area contributed by atoms with E-state index < -0.39 is 0 Å². The molecule has 1 saturated heterocycles. The van der Waals surface area contributed by atoms with E-state index in [0.29, 0.717) is 22.9 Å². The SMILES string of the molecule is CC1(C)CN(c2ccc(OCCO)c(Cl)c2)[C@H]2CCCC[C@H]2N1. The summed E-state index contributed by atoms with van der Waals surface area (Å²) in [5, 5.41) is 13.3. The Labute approximate surface area is 143 Å². The van der Waals surface area contributed by atoms with Crippen LogP contribution in [0.1, 0.15) is 39.5 Å². The molecule has 1 aliphatic heterocycles. The van der Waals surface area contributed by atoms with Gasteiger partial charge in [-0.15, -0.1) is 0 Å². The van der Waals surface area contributed by atoms with Crippen molar-refractivity contribution in [1.82, 2.24) is 5.32 Å². The molecule has 3 rings (SSSR count). The van der Waals surface area contributed by atoms with Gasteiger partial charge in [-0.3, -0.25) is 0 Å². The fourth-order valence-corrected chi connectivity index (χ4v) is 4.20. The van der Waals surface area contributed by atoms with E-state index in [-0.39, 0.29) is 18.8 Å². The summed E-state index contributed by atoms with van der Waals surface area (Å²) in [6.07, 6.45) is 5.09. The van der Waals surface area contributed by atoms with Crippen molar-refractivity contribution >= 4 is 17.3 Å². The van der Waals surface area contributed by atoms with Gasteiger partial charge in [0.05, 0.1) is 11.6 Å². The largest absolute Gasteiger partial charge is 0.490 e. The number of halogens is 1. The van der Waals surface area contributed by atoms with Crippen LogP contribution in [-0.2, 0) is 0 Å². The number of hydrogen-bond donors (Lipinski definition) is 2. The molecule has 0 aromatic heterocycles. The summed E-state index contributed by atoms with van der Waals surface area (Å²) in [6.45, 7) is 5.77. The summed E-state index contributed by atoms with van der Waals surface area (Å²) < 4.78 is 5.46. The molecule has 2 fully saturated rings. The number of benzene rings is 1. The predicted molar refractivity (Wildman–Crippen MR) is 94.6 cm³/mol. The maximum absolute atomic E-state index is 8.88. The van der Waals surface area contributed by atoms with E-state index in [1.807, 2.05) is 12.1 Å². The van der Waals surface area contributed by atoms with Crippen molar-refractivity contribution in [2.45, 2.75) is 57.2 Å². The summed E-state index contributed by atoms with van der Waals surface area (Å²) in [7, 11) is 0. The van der Waals surface area contributed by atoms with Crippen molar-refractivity contribution in [3.8, 4) is 5.75 Å². The van der Waals surface area contributed by atoms with Crippen LogP contribution >= 0.6 is 11.6 Å². The first-order chi connectivity index (χ1) is 11.0. The molecule has 0 radical (unpaired) electrons. The molecule has 4 nitrogen and oxygen atoms in total. The van der Waals surface area contributed by atoms with Crippen LogP contribution in [0.2, 0.25) is 5.02 Å². The van der Waals surface area contributed by atoms with Crippen molar-refractivity contribution in [1.29, 1.82) is 0 Å². The van der Waals surface area contributed by atoms with Crippen LogP contribution in [0.25, 0.3) is 0 Å². The second-order valence-corrected chi connectivity index (χ2v) is 7.71. The van der Waals surface area contributed by atoms with Gasteiger partial charge in [-0.1, -0.05) is 24.4 Å². The molecule has 1 heterocycles. The van der Waals surface area contributed by atoms with Crippen molar-refractivity contribution in [2.24, 2.45) is 0 Å². The lowest BCUT2D eigenvalue weighted by atomic mass is 9.83. The monoisotopic (exact) mass is 338 g/mol. The van der Waals surface area contributed by atoms with Crippen LogP contribution in [0.3, 0.4) is 0 Å². The zero-order chi connectivity index (χ0) is 16.4. The third kappa shape index (κ3) is 3.76. The first kappa shape index (κ1) is 16.9. The molecule has 23 heavy (non-hydrogen) atoms. The van der Waals surface area contributed by atoms with Gasteiger partial charge in [-0.25, -0.2) is 0 Å². The topological polar surface area (TPSA) is 44.7 Å². The van der Waals surface area contributed by atoms with E-state index in [4.69, 9.17) is 21.4 Å². The van der Waals surface area contributed by atoms with Crippen LogP contribution in [0.15, 0.2) is 18.2 Å². The Kier molecular flexibility index (Phi) is 5.04. The molecule has 2 N–H and O–H groups in total. The lowest BCUT2D eigenvalue weighted by Gasteiger charge is -2.52. The molecule has 0 amide bonds. The lowest BCUT2D eigenvalue weighted by molar-refractivity contribution is 0.198. The molecule has 1 aromatic rings.